The van der Waals surface area contributed by atoms with Crippen molar-refractivity contribution in [1.82, 2.24) is 5.32 Å². The molecule has 2 unspecified atom stereocenters. The molecule has 0 aromatic heterocycles. The summed E-state index contributed by atoms with van der Waals surface area (Å²) >= 11 is 0. The molecule has 1 aromatic rings. The number of aryl methyl sites for hydroxylation is 2. The van der Waals surface area contributed by atoms with Crippen molar-refractivity contribution >= 4 is 5.97 Å². The lowest BCUT2D eigenvalue weighted by atomic mass is 10.1. The molecule has 1 aliphatic carbocycles. The summed E-state index contributed by atoms with van der Waals surface area (Å²) in [5.41, 5.74) is 3.86. The first kappa shape index (κ1) is 12.1. The molecule has 2 N–H and O–H groups in total. The lowest BCUT2D eigenvalue weighted by Gasteiger charge is -2.08. The molecule has 2 atom stereocenters. The second-order valence-corrected chi connectivity index (χ2v) is 5.00. The largest absolute Gasteiger partial charge is 0.481 e. The van der Waals surface area contributed by atoms with E-state index < -0.39 is 5.97 Å². The van der Waals surface area contributed by atoms with Gasteiger partial charge >= 0.3 is 5.97 Å². The summed E-state index contributed by atoms with van der Waals surface area (Å²) in [6, 6.07) is 6.42. The Morgan fingerprint density at radius 2 is 2.24 bits per heavy atom. The maximum Gasteiger partial charge on any atom is 0.306 e. The zero-order chi connectivity index (χ0) is 12.4. The summed E-state index contributed by atoms with van der Waals surface area (Å²) in [5.74, 6) is -0.428. The lowest BCUT2D eigenvalue weighted by molar-refractivity contribution is -0.138. The summed E-state index contributed by atoms with van der Waals surface area (Å²) in [5, 5.41) is 12.1. The molecule has 1 aromatic carbocycles. The first-order valence-electron chi connectivity index (χ1n) is 6.07. The number of rotatable bonds is 5. The third-order valence-corrected chi connectivity index (χ3v) is 3.47. The fourth-order valence-corrected chi connectivity index (χ4v) is 2.16. The van der Waals surface area contributed by atoms with Crippen LogP contribution in [0.1, 0.15) is 23.1 Å². The molecular formula is C14H19NO2. The van der Waals surface area contributed by atoms with Crippen molar-refractivity contribution in [2.75, 3.05) is 6.54 Å². The SMILES string of the molecule is Cc1ccc(C)c(CNCC2CC2C(=O)O)c1. The third-order valence-electron chi connectivity index (χ3n) is 3.47. The van der Waals surface area contributed by atoms with Gasteiger partial charge in [0.05, 0.1) is 5.92 Å². The predicted molar refractivity (Wildman–Crippen MR) is 66.9 cm³/mol. The predicted octanol–water partition coefficient (Wildman–Crippen LogP) is 2.11. The minimum absolute atomic E-state index is 0.110. The lowest BCUT2D eigenvalue weighted by Crippen LogP contribution is -2.18. The van der Waals surface area contributed by atoms with Crippen LogP contribution in [-0.4, -0.2) is 17.6 Å². The Labute approximate surface area is 102 Å². The van der Waals surface area contributed by atoms with Crippen molar-refractivity contribution in [3.63, 3.8) is 0 Å². The molecule has 0 saturated heterocycles. The summed E-state index contributed by atoms with van der Waals surface area (Å²) in [7, 11) is 0. The van der Waals surface area contributed by atoms with Crippen LogP contribution in [0.4, 0.5) is 0 Å². The molecule has 0 heterocycles. The molecule has 0 amide bonds. The zero-order valence-electron chi connectivity index (χ0n) is 10.4. The number of hydrogen-bond donors (Lipinski definition) is 2. The Bertz CT molecular complexity index is 428. The molecule has 1 fully saturated rings. The molecule has 17 heavy (non-hydrogen) atoms. The van der Waals surface area contributed by atoms with Gasteiger partial charge in [0.2, 0.25) is 0 Å². The number of hydrogen-bond acceptors (Lipinski definition) is 2. The first-order valence-corrected chi connectivity index (χ1v) is 6.07. The Kier molecular flexibility index (Phi) is 3.48. The summed E-state index contributed by atoms with van der Waals surface area (Å²) in [6.45, 7) is 5.83. The second kappa shape index (κ2) is 4.88. The minimum atomic E-state index is -0.650. The van der Waals surface area contributed by atoms with E-state index in [9.17, 15) is 4.79 Å². The highest BCUT2D eigenvalue weighted by Crippen LogP contribution is 2.37. The number of aliphatic carboxylic acids is 1. The van der Waals surface area contributed by atoms with Gasteiger partial charge in [-0.05, 0) is 43.9 Å². The van der Waals surface area contributed by atoms with Crippen molar-refractivity contribution in [1.29, 1.82) is 0 Å². The van der Waals surface area contributed by atoms with Gasteiger partial charge in [-0.25, -0.2) is 0 Å². The smallest absolute Gasteiger partial charge is 0.306 e. The molecule has 92 valence electrons. The van der Waals surface area contributed by atoms with Crippen LogP contribution >= 0.6 is 0 Å². The third kappa shape index (κ3) is 3.07. The van der Waals surface area contributed by atoms with Crippen molar-refractivity contribution in [3.05, 3.63) is 34.9 Å². The molecule has 1 saturated carbocycles. The van der Waals surface area contributed by atoms with Gasteiger partial charge in [-0.1, -0.05) is 23.8 Å². The zero-order valence-corrected chi connectivity index (χ0v) is 10.4. The van der Waals surface area contributed by atoms with Gasteiger partial charge in [-0.15, -0.1) is 0 Å². The van der Waals surface area contributed by atoms with Crippen LogP contribution in [0.25, 0.3) is 0 Å². The van der Waals surface area contributed by atoms with Crippen LogP contribution in [0.2, 0.25) is 0 Å². The fourth-order valence-electron chi connectivity index (χ4n) is 2.16. The monoisotopic (exact) mass is 233 g/mol. The van der Waals surface area contributed by atoms with Crippen molar-refractivity contribution in [2.24, 2.45) is 11.8 Å². The Morgan fingerprint density at radius 3 is 2.88 bits per heavy atom. The maximum atomic E-state index is 10.7. The molecule has 3 heteroatoms. The van der Waals surface area contributed by atoms with E-state index in [1.165, 1.54) is 16.7 Å². The highest BCUT2D eigenvalue weighted by atomic mass is 16.4. The van der Waals surface area contributed by atoms with Crippen LogP contribution in [0.15, 0.2) is 18.2 Å². The Hall–Kier alpha value is -1.35. The maximum absolute atomic E-state index is 10.7. The average Bonchev–Trinajstić information content (AvgIpc) is 3.03. The van der Waals surface area contributed by atoms with Gasteiger partial charge in [-0.2, -0.15) is 0 Å². The van der Waals surface area contributed by atoms with Gasteiger partial charge in [0.1, 0.15) is 0 Å². The van der Waals surface area contributed by atoms with Crippen LogP contribution in [0, 0.1) is 25.7 Å². The summed E-state index contributed by atoms with van der Waals surface area (Å²) in [4.78, 5) is 10.7. The van der Waals surface area contributed by atoms with Gasteiger partial charge in [0.25, 0.3) is 0 Å². The standard InChI is InChI=1S/C14H19NO2/c1-9-3-4-10(2)11(5-9)7-15-8-12-6-13(12)14(16)17/h3-5,12-13,15H,6-8H2,1-2H3,(H,16,17). The van der Waals surface area contributed by atoms with E-state index in [0.29, 0.717) is 5.92 Å². The van der Waals surface area contributed by atoms with Crippen LogP contribution < -0.4 is 5.32 Å². The highest BCUT2D eigenvalue weighted by Gasteiger charge is 2.42. The molecular weight excluding hydrogens is 214 g/mol. The Morgan fingerprint density at radius 1 is 1.47 bits per heavy atom. The van der Waals surface area contributed by atoms with E-state index in [1.807, 2.05) is 0 Å². The Balaban J connectivity index is 1.79. The van der Waals surface area contributed by atoms with E-state index in [1.54, 1.807) is 0 Å². The summed E-state index contributed by atoms with van der Waals surface area (Å²) in [6.07, 6.45) is 0.829. The van der Waals surface area contributed by atoms with E-state index in [4.69, 9.17) is 5.11 Å². The van der Waals surface area contributed by atoms with E-state index in [-0.39, 0.29) is 5.92 Å². The van der Waals surface area contributed by atoms with Crippen LogP contribution in [-0.2, 0) is 11.3 Å². The number of carboxylic acid groups (broad SMARTS) is 1. The van der Waals surface area contributed by atoms with Gasteiger partial charge in [-0.3, -0.25) is 4.79 Å². The highest BCUT2D eigenvalue weighted by molar-refractivity contribution is 5.73. The number of carboxylic acids is 1. The molecule has 1 aliphatic rings. The summed E-state index contributed by atoms with van der Waals surface area (Å²) < 4.78 is 0. The van der Waals surface area contributed by atoms with Gasteiger partial charge < -0.3 is 10.4 Å². The fraction of sp³-hybridized carbons (Fsp3) is 0.500. The van der Waals surface area contributed by atoms with Crippen molar-refractivity contribution in [3.8, 4) is 0 Å². The molecule has 0 aliphatic heterocycles. The topological polar surface area (TPSA) is 49.3 Å². The van der Waals surface area contributed by atoms with E-state index >= 15 is 0 Å². The first-order chi connectivity index (χ1) is 8.08. The minimum Gasteiger partial charge on any atom is -0.481 e. The van der Waals surface area contributed by atoms with E-state index in [0.717, 1.165) is 19.5 Å². The van der Waals surface area contributed by atoms with Crippen LogP contribution in [0.5, 0.6) is 0 Å². The molecule has 0 radical (unpaired) electrons. The second-order valence-electron chi connectivity index (χ2n) is 5.00. The number of nitrogens with one attached hydrogen (secondary N) is 1. The van der Waals surface area contributed by atoms with Crippen molar-refractivity contribution in [2.45, 2.75) is 26.8 Å². The van der Waals surface area contributed by atoms with Gasteiger partial charge in [0.15, 0.2) is 0 Å². The van der Waals surface area contributed by atoms with E-state index in [2.05, 4.69) is 37.4 Å². The molecule has 2 rings (SSSR count). The molecule has 0 bridgehead atoms. The molecule has 0 spiro atoms. The number of benzene rings is 1. The average molecular weight is 233 g/mol. The number of carbonyl (C=O) groups is 1. The van der Waals surface area contributed by atoms with Crippen molar-refractivity contribution < 1.29 is 9.90 Å². The van der Waals surface area contributed by atoms with Crippen LogP contribution in [0.3, 0.4) is 0 Å². The quantitative estimate of drug-likeness (QED) is 0.819. The normalized spacial score (nSPS) is 22.5. The molecule has 3 nitrogen and oxygen atoms in total. The van der Waals surface area contributed by atoms with Gasteiger partial charge in [0, 0.05) is 6.54 Å².